The summed E-state index contributed by atoms with van der Waals surface area (Å²) in [7, 11) is -8.38. The number of aromatic hydroxyl groups is 3. The number of fused-ring (bicyclic) bond motifs is 2. The maximum atomic E-state index is 13.0. The van der Waals surface area contributed by atoms with Crippen LogP contribution in [-0.4, -0.2) is 32.2 Å². The number of sulfonamides is 2. The Bertz CT molecular complexity index is 1870. The number of nitroso groups, excluding NO2 is 1. The number of phenolic OH excluding ortho intramolecular Hbond substituents is 3. The Hall–Kier alpha value is -4.88. The summed E-state index contributed by atoms with van der Waals surface area (Å²) in [5, 5.41) is 33.6. The van der Waals surface area contributed by atoms with Crippen molar-refractivity contribution in [3.8, 4) is 17.2 Å². The number of hydrogen-bond donors (Lipinski definition) is 5. The average molecular weight is 566 g/mol. The first-order chi connectivity index (χ1) is 18.5. The van der Waals surface area contributed by atoms with Gasteiger partial charge in [-0.25, -0.2) is 16.8 Å². The van der Waals surface area contributed by atoms with Gasteiger partial charge in [-0.3, -0.25) is 9.44 Å². The molecule has 0 unspecified atom stereocenters. The number of nitrogens with one attached hydrogen (secondary N) is 2. The van der Waals surface area contributed by atoms with Crippen LogP contribution in [0.4, 0.5) is 17.1 Å². The largest absolute Gasteiger partial charge is 0.508 e. The lowest BCUT2D eigenvalue weighted by molar-refractivity contribution is 0.475. The van der Waals surface area contributed by atoms with Gasteiger partial charge in [-0.2, -0.15) is 0 Å². The minimum Gasteiger partial charge on any atom is -0.508 e. The predicted molar refractivity (Wildman–Crippen MR) is 146 cm³/mol. The maximum absolute atomic E-state index is 13.0. The van der Waals surface area contributed by atoms with E-state index in [4.69, 9.17) is 0 Å². The van der Waals surface area contributed by atoms with Crippen LogP contribution in [0.25, 0.3) is 21.5 Å². The molecule has 5 rings (SSSR count). The van der Waals surface area contributed by atoms with Crippen molar-refractivity contribution in [2.24, 2.45) is 5.18 Å². The molecule has 0 heterocycles. The van der Waals surface area contributed by atoms with E-state index in [1.54, 1.807) is 0 Å². The van der Waals surface area contributed by atoms with Gasteiger partial charge in [0.05, 0.1) is 21.2 Å². The number of anilines is 2. The highest BCUT2D eigenvalue weighted by atomic mass is 32.2. The van der Waals surface area contributed by atoms with Crippen LogP contribution in [0.5, 0.6) is 17.2 Å². The van der Waals surface area contributed by atoms with Crippen molar-refractivity contribution in [2.45, 2.75) is 9.79 Å². The monoisotopic (exact) mass is 565 g/mol. The van der Waals surface area contributed by atoms with Crippen LogP contribution < -0.4 is 9.44 Å². The quantitative estimate of drug-likeness (QED) is 0.133. The Morgan fingerprint density at radius 3 is 1.38 bits per heavy atom. The lowest BCUT2D eigenvalue weighted by atomic mass is 10.00. The molecule has 0 saturated carbocycles. The molecule has 13 heteroatoms. The molecule has 5 aromatic carbocycles. The van der Waals surface area contributed by atoms with E-state index < -0.39 is 25.8 Å². The van der Waals surface area contributed by atoms with Crippen molar-refractivity contribution < 1.29 is 32.2 Å². The predicted octanol–water partition coefficient (Wildman–Crippen LogP) is 5.11. The van der Waals surface area contributed by atoms with Crippen molar-refractivity contribution in [2.75, 3.05) is 9.44 Å². The second kappa shape index (κ2) is 9.45. The molecule has 39 heavy (non-hydrogen) atoms. The average Bonchev–Trinajstić information content (AvgIpc) is 2.88. The van der Waals surface area contributed by atoms with Gasteiger partial charge < -0.3 is 15.3 Å². The van der Waals surface area contributed by atoms with Crippen molar-refractivity contribution in [1.82, 2.24) is 0 Å². The number of benzene rings is 5. The molecule has 0 atom stereocenters. The van der Waals surface area contributed by atoms with Gasteiger partial charge in [-0.15, -0.1) is 4.91 Å². The van der Waals surface area contributed by atoms with Gasteiger partial charge in [0.2, 0.25) is 0 Å². The number of phenols is 3. The lowest BCUT2D eigenvalue weighted by Crippen LogP contribution is -2.13. The Balaban J connectivity index is 1.64. The molecule has 5 N–H and O–H groups in total. The zero-order valence-corrected chi connectivity index (χ0v) is 21.4. The summed E-state index contributed by atoms with van der Waals surface area (Å²) in [6.07, 6.45) is 0. The minimum atomic E-state index is -4.19. The Kier molecular flexibility index (Phi) is 6.24. The van der Waals surface area contributed by atoms with E-state index in [0.717, 1.165) is 12.1 Å². The summed E-state index contributed by atoms with van der Waals surface area (Å²) in [5.74, 6) is -0.760. The van der Waals surface area contributed by atoms with E-state index >= 15 is 0 Å². The van der Waals surface area contributed by atoms with Gasteiger partial charge in [0.15, 0.2) is 0 Å². The van der Waals surface area contributed by atoms with Crippen molar-refractivity contribution in [1.29, 1.82) is 0 Å². The van der Waals surface area contributed by atoms with E-state index in [1.807, 2.05) is 0 Å². The van der Waals surface area contributed by atoms with Gasteiger partial charge in [-0.1, -0.05) is 24.3 Å². The molecule has 198 valence electrons. The molecule has 0 aliphatic rings. The first-order valence-electron chi connectivity index (χ1n) is 11.2. The van der Waals surface area contributed by atoms with Crippen molar-refractivity contribution in [3.05, 3.63) is 89.8 Å². The van der Waals surface area contributed by atoms with Gasteiger partial charge in [0.1, 0.15) is 22.9 Å². The summed E-state index contributed by atoms with van der Waals surface area (Å²) in [5.41, 5.74) is 0.0805. The van der Waals surface area contributed by atoms with Crippen LogP contribution in [0.15, 0.2) is 99.9 Å². The molecule has 0 amide bonds. The van der Waals surface area contributed by atoms with E-state index in [1.165, 1.54) is 72.8 Å². The maximum Gasteiger partial charge on any atom is 0.261 e. The zero-order valence-electron chi connectivity index (χ0n) is 19.7. The number of rotatable bonds is 7. The molecule has 0 aromatic heterocycles. The summed E-state index contributed by atoms with van der Waals surface area (Å²) >= 11 is 0. The van der Waals surface area contributed by atoms with Crippen LogP contribution in [0.1, 0.15) is 0 Å². The first kappa shape index (κ1) is 25.8. The van der Waals surface area contributed by atoms with Crippen LogP contribution in [-0.2, 0) is 20.0 Å². The van der Waals surface area contributed by atoms with E-state index in [-0.39, 0.29) is 59.9 Å². The van der Waals surface area contributed by atoms with Gasteiger partial charge in [-0.05, 0) is 53.7 Å². The molecule has 0 saturated heterocycles. The van der Waals surface area contributed by atoms with E-state index in [9.17, 15) is 37.1 Å². The summed E-state index contributed by atoms with van der Waals surface area (Å²) in [6.45, 7) is 0. The van der Waals surface area contributed by atoms with Gasteiger partial charge in [0, 0.05) is 33.7 Å². The van der Waals surface area contributed by atoms with Crippen LogP contribution >= 0.6 is 0 Å². The van der Waals surface area contributed by atoms with Crippen LogP contribution in [0.2, 0.25) is 0 Å². The summed E-state index contributed by atoms with van der Waals surface area (Å²) in [4.78, 5) is 11.3. The Morgan fingerprint density at radius 1 is 0.564 bits per heavy atom. The topological polar surface area (TPSA) is 182 Å². The minimum absolute atomic E-state index is 0.0497. The number of nitrogens with zero attached hydrogens (tertiary/aromatic N) is 1. The standard InChI is InChI=1S/C26H19N3O8S2/c30-17-5-1-3-15(11-17)28-38(34,35)19-7-9-21-23(13-19)26(32)24-14-20(8-10-22(24)25(21)27-33)39(36,37)29-16-4-2-6-18(31)12-16/h1-14,28-32H. The molecule has 5 aromatic rings. The molecule has 0 radical (unpaired) electrons. The van der Waals surface area contributed by atoms with E-state index in [2.05, 4.69) is 14.6 Å². The third-order valence-electron chi connectivity index (χ3n) is 5.91. The summed E-state index contributed by atoms with van der Waals surface area (Å²) in [6, 6.07) is 18.3. The van der Waals surface area contributed by atoms with Crippen LogP contribution in [0.3, 0.4) is 0 Å². The fourth-order valence-corrected chi connectivity index (χ4v) is 6.29. The van der Waals surface area contributed by atoms with Crippen LogP contribution in [0, 0.1) is 4.91 Å². The fourth-order valence-electron chi connectivity index (χ4n) is 4.14. The summed E-state index contributed by atoms with van der Waals surface area (Å²) < 4.78 is 56.7. The van der Waals surface area contributed by atoms with Gasteiger partial charge in [0.25, 0.3) is 20.0 Å². The SMILES string of the molecule is O=Nc1c2ccc(S(=O)(=O)Nc3cccc(O)c3)cc2c(O)c2cc(S(=O)(=O)Nc3cccc(O)c3)ccc12. The molecule has 0 aliphatic carbocycles. The zero-order chi connectivity index (χ0) is 27.9. The lowest BCUT2D eigenvalue weighted by Gasteiger charge is -2.14. The second-order valence-corrected chi connectivity index (χ2v) is 11.9. The second-order valence-electron chi connectivity index (χ2n) is 8.51. The molecule has 0 aliphatic heterocycles. The molecular formula is C26H19N3O8S2. The van der Waals surface area contributed by atoms with Crippen molar-refractivity contribution >= 4 is 58.7 Å². The third-order valence-corrected chi connectivity index (χ3v) is 8.67. The smallest absolute Gasteiger partial charge is 0.261 e. The highest BCUT2D eigenvalue weighted by molar-refractivity contribution is 7.93. The number of hydrogen-bond acceptors (Lipinski definition) is 9. The van der Waals surface area contributed by atoms with Crippen molar-refractivity contribution in [3.63, 3.8) is 0 Å². The van der Waals surface area contributed by atoms with Gasteiger partial charge >= 0.3 is 0 Å². The molecule has 11 nitrogen and oxygen atoms in total. The molecule has 0 spiro atoms. The molecule has 0 fully saturated rings. The normalized spacial score (nSPS) is 11.9. The first-order valence-corrected chi connectivity index (χ1v) is 14.1. The highest BCUT2D eigenvalue weighted by Crippen LogP contribution is 2.43. The Labute approximate surface area is 222 Å². The fraction of sp³-hybridized carbons (Fsp3) is 0. The Morgan fingerprint density at radius 2 is 1.00 bits per heavy atom. The molecule has 0 bridgehead atoms. The third kappa shape index (κ3) is 4.87. The molecular weight excluding hydrogens is 546 g/mol. The highest BCUT2D eigenvalue weighted by Gasteiger charge is 2.22. The van der Waals surface area contributed by atoms with E-state index in [0.29, 0.717) is 0 Å².